The van der Waals surface area contributed by atoms with E-state index in [4.69, 9.17) is 5.84 Å². The summed E-state index contributed by atoms with van der Waals surface area (Å²) in [5.74, 6) is 6.77. The highest BCUT2D eigenvalue weighted by molar-refractivity contribution is 4.80. The second kappa shape index (κ2) is 8.07. The van der Waals surface area contributed by atoms with Crippen LogP contribution in [-0.4, -0.2) is 25.4 Å². The number of nitrogens with two attached hydrogens (primary N) is 1. The first-order chi connectivity index (χ1) is 8.96. The molecule has 1 unspecified atom stereocenters. The molecular weight excluding hydrogens is 257 g/mol. The van der Waals surface area contributed by atoms with Crippen LogP contribution in [0.25, 0.3) is 0 Å². The van der Waals surface area contributed by atoms with E-state index in [-0.39, 0.29) is 12.6 Å². The van der Waals surface area contributed by atoms with Crippen molar-refractivity contribution in [1.82, 2.24) is 5.43 Å². The predicted molar refractivity (Wildman–Crippen MR) is 68.3 cm³/mol. The van der Waals surface area contributed by atoms with Crippen LogP contribution in [0.2, 0.25) is 0 Å². The van der Waals surface area contributed by atoms with Crippen LogP contribution in [0.4, 0.5) is 13.2 Å². The minimum absolute atomic E-state index is 0.0611. The number of halogens is 3. The minimum Gasteiger partial charge on any atom is -0.372 e. The molecule has 0 radical (unpaired) electrons. The third kappa shape index (κ3) is 6.58. The molecule has 1 fully saturated rings. The van der Waals surface area contributed by atoms with Crippen molar-refractivity contribution in [3.8, 4) is 0 Å². The average Bonchev–Trinajstić information content (AvgIpc) is 2.38. The average molecular weight is 282 g/mol. The van der Waals surface area contributed by atoms with Gasteiger partial charge in [0.05, 0.1) is 0 Å². The van der Waals surface area contributed by atoms with Gasteiger partial charge in [0.2, 0.25) is 0 Å². The van der Waals surface area contributed by atoms with E-state index in [9.17, 15) is 13.2 Å². The van der Waals surface area contributed by atoms with E-state index in [0.29, 0.717) is 12.3 Å². The Bertz CT molecular complexity index is 241. The van der Waals surface area contributed by atoms with E-state index in [1.54, 1.807) is 0 Å². The van der Waals surface area contributed by atoms with E-state index >= 15 is 0 Å². The summed E-state index contributed by atoms with van der Waals surface area (Å²) in [6.45, 7) is 1.13. The van der Waals surface area contributed by atoms with Gasteiger partial charge in [0, 0.05) is 12.6 Å². The molecule has 3 N–H and O–H groups in total. The van der Waals surface area contributed by atoms with Crippen molar-refractivity contribution in [2.75, 3.05) is 13.2 Å². The lowest BCUT2D eigenvalue weighted by Crippen LogP contribution is -2.43. The second-order valence-corrected chi connectivity index (χ2v) is 5.42. The first-order valence-corrected chi connectivity index (χ1v) is 7.07. The van der Waals surface area contributed by atoms with E-state index in [0.717, 1.165) is 18.8 Å². The summed E-state index contributed by atoms with van der Waals surface area (Å²) < 4.78 is 40.4. The van der Waals surface area contributed by atoms with Crippen LogP contribution in [0.3, 0.4) is 0 Å². The van der Waals surface area contributed by atoms with Gasteiger partial charge in [-0.3, -0.25) is 11.3 Å². The molecule has 1 aliphatic rings. The molecule has 0 aromatic carbocycles. The molecule has 0 heterocycles. The first kappa shape index (κ1) is 16.7. The smallest absolute Gasteiger partial charge is 0.372 e. The van der Waals surface area contributed by atoms with Crippen molar-refractivity contribution >= 4 is 0 Å². The van der Waals surface area contributed by atoms with Crippen LogP contribution < -0.4 is 11.3 Å². The SMILES string of the molecule is CCC1CCC(C(CCOCC(F)(F)F)NN)CC1. The topological polar surface area (TPSA) is 47.3 Å². The number of rotatable bonds is 7. The molecule has 0 amide bonds. The standard InChI is InChI=1S/C13H25F3N2O/c1-2-10-3-5-11(6-4-10)12(18-17)7-8-19-9-13(14,15)16/h10-12,18H,2-9,17H2,1H3. The molecule has 0 saturated heterocycles. The molecule has 1 aliphatic carbocycles. The maximum Gasteiger partial charge on any atom is 0.411 e. The lowest BCUT2D eigenvalue weighted by molar-refractivity contribution is -0.174. The number of hydrogen-bond acceptors (Lipinski definition) is 3. The summed E-state index contributed by atoms with van der Waals surface area (Å²) in [7, 11) is 0. The lowest BCUT2D eigenvalue weighted by Gasteiger charge is -2.33. The Morgan fingerprint density at radius 2 is 1.89 bits per heavy atom. The maximum atomic E-state index is 11.9. The third-order valence-corrected chi connectivity index (χ3v) is 4.09. The molecule has 114 valence electrons. The van der Waals surface area contributed by atoms with E-state index in [2.05, 4.69) is 17.1 Å². The Balaban J connectivity index is 2.22. The summed E-state index contributed by atoms with van der Waals surface area (Å²) in [6.07, 6.45) is 2.10. The van der Waals surface area contributed by atoms with E-state index < -0.39 is 12.8 Å². The van der Waals surface area contributed by atoms with Crippen LogP contribution in [-0.2, 0) is 4.74 Å². The molecule has 0 aromatic rings. The summed E-state index contributed by atoms with van der Waals surface area (Å²) in [6, 6.07) is 0.0611. The Hall–Kier alpha value is -0.330. The molecule has 1 atom stereocenters. The Kier molecular flexibility index (Phi) is 7.10. The number of hydrazine groups is 1. The highest BCUT2D eigenvalue weighted by Gasteiger charge is 2.29. The van der Waals surface area contributed by atoms with Crippen LogP contribution in [0, 0.1) is 11.8 Å². The first-order valence-electron chi connectivity index (χ1n) is 7.07. The summed E-state index contributed by atoms with van der Waals surface area (Å²) in [5, 5.41) is 0. The molecule has 0 aliphatic heterocycles. The van der Waals surface area contributed by atoms with Gasteiger partial charge in [0.25, 0.3) is 0 Å². The Morgan fingerprint density at radius 1 is 1.26 bits per heavy atom. The second-order valence-electron chi connectivity index (χ2n) is 5.42. The fraction of sp³-hybridized carbons (Fsp3) is 1.00. The summed E-state index contributed by atoms with van der Waals surface area (Å²) >= 11 is 0. The van der Waals surface area contributed by atoms with Gasteiger partial charge >= 0.3 is 6.18 Å². The lowest BCUT2D eigenvalue weighted by atomic mass is 9.77. The molecule has 0 spiro atoms. The van der Waals surface area contributed by atoms with Crippen molar-refractivity contribution in [1.29, 1.82) is 0 Å². The monoisotopic (exact) mass is 282 g/mol. The van der Waals surface area contributed by atoms with Crippen LogP contribution >= 0.6 is 0 Å². The van der Waals surface area contributed by atoms with Crippen molar-refractivity contribution in [2.24, 2.45) is 17.7 Å². The zero-order valence-electron chi connectivity index (χ0n) is 11.5. The zero-order valence-corrected chi connectivity index (χ0v) is 11.5. The number of nitrogens with one attached hydrogen (secondary N) is 1. The van der Waals surface area contributed by atoms with Crippen molar-refractivity contribution < 1.29 is 17.9 Å². The summed E-state index contributed by atoms with van der Waals surface area (Å²) in [4.78, 5) is 0. The third-order valence-electron chi connectivity index (χ3n) is 4.09. The normalized spacial score (nSPS) is 26.4. The highest BCUT2D eigenvalue weighted by Crippen LogP contribution is 2.33. The van der Waals surface area contributed by atoms with Crippen LogP contribution in [0.5, 0.6) is 0 Å². The van der Waals surface area contributed by atoms with Gasteiger partial charge in [-0.05, 0) is 31.1 Å². The van der Waals surface area contributed by atoms with Crippen LogP contribution in [0.15, 0.2) is 0 Å². The molecule has 19 heavy (non-hydrogen) atoms. The highest BCUT2D eigenvalue weighted by atomic mass is 19.4. The van der Waals surface area contributed by atoms with Gasteiger partial charge < -0.3 is 4.74 Å². The van der Waals surface area contributed by atoms with Gasteiger partial charge in [-0.15, -0.1) is 0 Å². The van der Waals surface area contributed by atoms with Gasteiger partial charge in [0.15, 0.2) is 0 Å². The van der Waals surface area contributed by atoms with Crippen molar-refractivity contribution in [3.63, 3.8) is 0 Å². The fourth-order valence-electron chi connectivity index (χ4n) is 2.85. The zero-order chi connectivity index (χ0) is 14.3. The van der Waals surface area contributed by atoms with Crippen molar-refractivity contribution in [2.45, 2.75) is 57.7 Å². The van der Waals surface area contributed by atoms with Crippen molar-refractivity contribution in [3.05, 3.63) is 0 Å². The van der Waals surface area contributed by atoms with E-state index in [1.807, 2.05) is 0 Å². The summed E-state index contributed by atoms with van der Waals surface area (Å²) in [5.41, 5.74) is 2.74. The van der Waals surface area contributed by atoms with Gasteiger partial charge in [-0.1, -0.05) is 26.2 Å². The largest absolute Gasteiger partial charge is 0.411 e. The van der Waals surface area contributed by atoms with Gasteiger partial charge in [0.1, 0.15) is 6.61 Å². The Labute approximate surface area is 113 Å². The number of hydrogen-bond donors (Lipinski definition) is 2. The fourth-order valence-corrected chi connectivity index (χ4v) is 2.85. The molecule has 6 heteroatoms. The van der Waals surface area contributed by atoms with Gasteiger partial charge in [-0.25, -0.2) is 0 Å². The molecular formula is C13H25F3N2O. The molecule has 0 aromatic heterocycles. The molecule has 3 nitrogen and oxygen atoms in total. The molecule has 1 rings (SSSR count). The maximum absolute atomic E-state index is 11.9. The Morgan fingerprint density at radius 3 is 2.37 bits per heavy atom. The van der Waals surface area contributed by atoms with E-state index in [1.165, 1.54) is 19.3 Å². The number of alkyl halides is 3. The predicted octanol–water partition coefficient (Wildman–Crippen LogP) is 3.00. The van der Waals surface area contributed by atoms with Crippen LogP contribution in [0.1, 0.15) is 45.4 Å². The molecule has 0 bridgehead atoms. The molecule has 1 saturated carbocycles. The number of ether oxygens (including phenoxy) is 1. The quantitative estimate of drug-likeness (QED) is 0.429. The van der Waals surface area contributed by atoms with Gasteiger partial charge in [-0.2, -0.15) is 13.2 Å². The minimum atomic E-state index is -4.25.